The van der Waals surface area contributed by atoms with Crippen LogP contribution in [0.2, 0.25) is 0 Å². The minimum Gasteiger partial charge on any atom is -0.351 e. The Bertz CT molecular complexity index is 462. The predicted octanol–water partition coefficient (Wildman–Crippen LogP) is 2.07. The van der Waals surface area contributed by atoms with Crippen LogP contribution in [0.25, 0.3) is 0 Å². The van der Waals surface area contributed by atoms with Gasteiger partial charge in [0.25, 0.3) is 5.91 Å². The predicted molar refractivity (Wildman–Crippen MR) is 94.5 cm³/mol. The Morgan fingerprint density at radius 3 is 2.82 bits per heavy atom. The lowest BCUT2D eigenvalue weighted by atomic mass is 9.99. The molecule has 0 atom stereocenters. The van der Waals surface area contributed by atoms with E-state index < -0.39 is 0 Å². The summed E-state index contributed by atoms with van der Waals surface area (Å²) >= 11 is 1.70. The van der Waals surface area contributed by atoms with Crippen molar-refractivity contribution in [2.24, 2.45) is 0 Å². The molecule has 1 aliphatic carbocycles. The summed E-state index contributed by atoms with van der Waals surface area (Å²) in [6.07, 6.45) is 5.91. The molecule has 124 valence electrons. The molecule has 1 aromatic heterocycles. The Labute approximate surface area is 143 Å². The van der Waals surface area contributed by atoms with Gasteiger partial charge in [-0.3, -0.25) is 4.79 Å². The number of carbonyl (C=O) groups excluding carboxylic acids is 1. The molecule has 2 N–H and O–H groups in total. The summed E-state index contributed by atoms with van der Waals surface area (Å²) in [4.78, 5) is 17.0. The molecule has 1 fully saturated rings. The highest BCUT2D eigenvalue weighted by atomic mass is 35.5. The fourth-order valence-corrected chi connectivity index (χ4v) is 4.30. The van der Waals surface area contributed by atoms with Gasteiger partial charge < -0.3 is 15.5 Å². The molecule has 1 saturated heterocycles. The molecule has 0 radical (unpaired) electrons. The minimum atomic E-state index is 0. The molecule has 6 heteroatoms. The lowest BCUT2D eigenvalue weighted by Gasteiger charge is -2.27. The van der Waals surface area contributed by atoms with Crippen molar-refractivity contribution < 1.29 is 4.79 Å². The van der Waals surface area contributed by atoms with Crippen molar-refractivity contribution in [3.63, 3.8) is 0 Å². The number of nitrogens with one attached hydrogen (secondary N) is 2. The zero-order valence-electron chi connectivity index (χ0n) is 13.0. The van der Waals surface area contributed by atoms with Crippen molar-refractivity contribution >= 4 is 29.7 Å². The van der Waals surface area contributed by atoms with E-state index in [0.29, 0.717) is 0 Å². The van der Waals surface area contributed by atoms with Crippen LogP contribution in [0.4, 0.5) is 0 Å². The first-order chi connectivity index (χ1) is 10.3. The molecule has 3 rings (SSSR count). The highest BCUT2D eigenvalue weighted by Gasteiger charge is 2.17. The second-order valence-electron chi connectivity index (χ2n) is 5.97. The molecule has 1 aliphatic heterocycles. The Hall–Kier alpha value is -0.620. The van der Waals surface area contributed by atoms with E-state index in [0.717, 1.165) is 63.4 Å². The molecule has 1 aromatic rings. The van der Waals surface area contributed by atoms with Gasteiger partial charge in [-0.25, -0.2) is 0 Å². The third kappa shape index (κ3) is 4.69. The molecule has 0 saturated carbocycles. The van der Waals surface area contributed by atoms with Crippen LogP contribution in [0.5, 0.6) is 0 Å². The molecule has 2 heterocycles. The van der Waals surface area contributed by atoms with Crippen molar-refractivity contribution in [2.75, 3.05) is 39.3 Å². The van der Waals surface area contributed by atoms with Gasteiger partial charge in [0, 0.05) is 37.6 Å². The minimum absolute atomic E-state index is 0. The van der Waals surface area contributed by atoms with Crippen LogP contribution in [-0.4, -0.2) is 50.1 Å². The third-order valence-electron chi connectivity index (χ3n) is 4.37. The fraction of sp³-hybridized carbons (Fsp3) is 0.688. The second kappa shape index (κ2) is 8.87. The Morgan fingerprint density at radius 1 is 1.27 bits per heavy atom. The smallest absolute Gasteiger partial charge is 0.261 e. The lowest BCUT2D eigenvalue weighted by molar-refractivity contribution is 0.0955. The number of rotatable bonds is 5. The number of fused-ring (bicyclic) bond motifs is 1. The maximum Gasteiger partial charge on any atom is 0.261 e. The quantitative estimate of drug-likeness (QED) is 0.804. The number of nitrogens with zero attached hydrogens (tertiary/aromatic N) is 1. The fourth-order valence-electron chi connectivity index (χ4n) is 3.13. The number of piperazine rings is 1. The molecular weight excluding hydrogens is 318 g/mol. The summed E-state index contributed by atoms with van der Waals surface area (Å²) in [6.45, 7) is 6.31. The molecule has 1 amide bonds. The van der Waals surface area contributed by atoms with Crippen molar-refractivity contribution in [3.8, 4) is 0 Å². The summed E-state index contributed by atoms with van der Waals surface area (Å²) in [5, 5.41) is 6.44. The molecule has 0 bridgehead atoms. The van der Waals surface area contributed by atoms with Gasteiger partial charge in [0.15, 0.2) is 0 Å². The van der Waals surface area contributed by atoms with E-state index in [9.17, 15) is 4.79 Å². The molecule has 4 nitrogen and oxygen atoms in total. The van der Waals surface area contributed by atoms with Gasteiger partial charge >= 0.3 is 0 Å². The maximum atomic E-state index is 12.2. The number of hydrogen-bond donors (Lipinski definition) is 2. The summed E-state index contributed by atoms with van der Waals surface area (Å²) < 4.78 is 0. The highest BCUT2D eigenvalue weighted by molar-refractivity contribution is 7.14. The van der Waals surface area contributed by atoms with Crippen LogP contribution in [-0.2, 0) is 12.8 Å². The van der Waals surface area contributed by atoms with E-state index in [1.54, 1.807) is 11.3 Å². The largest absolute Gasteiger partial charge is 0.351 e. The van der Waals surface area contributed by atoms with Gasteiger partial charge in [0.2, 0.25) is 0 Å². The topological polar surface area (TPSA) is 44.4 Å². The zero-order chi connectivity index (χ0) is 14.5. The molecule has 0 aromatic carbocycles. The number of hydrogen-bond acceptors (Lipinski definition) is 4. The van der Waals surface area contributed by atoms with E-state index in [1.807, 2.05) is 0 Å². The number of thiophene rings is 1. The lowest BCUT2D eigenvalue weighted by Crippen LogP contribution is -2.44. The van der Waals surface area contributed by atoms with Crippen LogP contribution in [0, 0.1) is 0 Å². The van der Waals surface area contributed by atoms with Gasteiger partial charge in [-0.2, -0.15) is 0 Å². The van der Waals surface area contributed by atoms with Crippen molar-refractivity contribution in [2.45, 2.75) is 32.1 Å². The average Bonchev–Trinajstić information content (AvgIpc) is 2.96. The molecule has 0 unspecified atom stereocenters. The number of halogens is 1. The van der Waals surface area contributed by atoms with Gasteiger partial charge in [0.05, 0.1) is 4.88 Å². The van der Waals surface area contributed by atoms with Gasteiger partial charge in [-0.1, -0.05) is 0 Å². The molecule has 2 aliphatic rings. The van der Waals surface area contributed by atoms with Gasteiger partial charge in [-0.15, -0.1) is 23.7 Å². The molecular formula is C16H26ClN3OS. The van der Waals surface area contributed by atoms with E-state index in [-0.39, 0.29) is 18.3 Å². The third-order valence-corrected chi connectivity index (χ3v) is 5.60. The second-order valence-corrected chi connectivity index (χ2v) is 7.10. The number of amides is 1. The number of aryl methyl sites for hydroxylation is 2. The summed E-state index contributed by atoms with van der Waals surface area (Å²) in [6, 6.07) is 2.12. The first-order valence-corrected chi connectivity index (χ1v) is 8.97. The van der Waals surface area contributed by atoms with Crippen molar-refractivity contribution in [3.05, 3.63) is 21.4 Å². The van der Waals surface area contributed by atoms with E-state index in [4.69, 9.17) is 0 Å². The molecule has 22 heavy (non-hydrogen) atoms. The van der Waals surface area contributed by atoms with Crippen molar-refractivity contribution in [1.82, 2.24) is 15.5 Å². The zero-order valence-corrected chi connectivity index (χ0v) is 14.7. The SMILES string of the molecule is Cl.O=C(NCCCN1CCNCC1)c1cc2c(s1)CCCC2. The summed E-state index contributed by atoms with van der Waals surface area (Å²) in [5.41, 5.74) is 1.41. The first kappa shape index (κ1) is 17.7. The number of carbonyl (C=O) groups is 1. The molecule has 0 spiro atoms. The Kier molecular flexibility index (Phi) is 7.15. The van der Waals surface area contributed by atoms with Crippen LogP contribution in [0.15, 0.2) is 6.07 Å². The Balaban J connectivity index is 0.00000176. The standard InChI is InChI=1S/C16H25N3OS.ClH/c20-16(15-12-13-4-1-2-5-14(13)21-15)18-6-3-9-19-10-7-17-8-11-19;/h12,17H,1-11H2,(H,18,20);1H. The normalized spacial score (nSPS) is 18.4. The van der Waals surface area contributed by atoms with Gasteiger partial charge in [0.1, 0.15) is 0 Å². The summed E-state index contributed by atoms with van der Waals surface area (Å²) in [7, 11) is 0. The van der Waals surface area contributed by atoms with E-state index >= 15 is 0 Å². The van der Waals surface area contributed by atoms with Crippen LogP contribution in [0.3, 0.4) is 0 Å². The monoisotopic (exact) mass is 343 g/mol. The first-order valence-electron chi connectivity index (χ1n) is 8.16. The maximum absolute atomic E-state index is 12.2. The summed E-state index contributed by atoms with van der Waals surface area (Å²) in [5.74, 6) is 0.120. The van der Waals surface area contributed by atoms with Crippen LogP contribution < -0.4 is 10.6 Å². The van der Waals surface area contributed by atoms with Crippen LogP contribution in [0.1, 0.15) is 39.4 Å². The van der Waals surface area contributed by atoms with E-state index in [1.165, 1.54) is 23.3 Å². The highest BCUT2D eigenvalue weighted by Crippen LogP contribution is 2.29. The van der Waals surface area contributed by atoms with E-state index in [2.05, 4.69) is 21.6 Å². The van der Waals surface area contributed by atoms with Crippen molar-refractivity contribution in [1.29, 1.82) is 0 Å². The van der Waals surface area contributed by atoms with Gasteiger partial charge in [-0.05, 0) is 50.3 Å². The van der Waals surface area contributed by atoms with Crippen LogP contribution >= 0.6 is 23.7 Å². The Morgan fingerprint density at radius 2 is 2.05 bits per heavy atom. The average molecular weight is 344 g/mol.